The summed E-state index contributed by atoms with van der Waals surface area (Å²) < 4.78 is 33.5. The van der Waals surface area contributed by atoms with Gasteiger partial charge < -0.3 is 10.5 Å². The van der Waals surface area contributed by atoms with Crippen molar-refractivity contribution in [2.45, 2.75) is 39.5 Å². The third-order valence-corrected chi connectivity index (χ3v) is 5.49. The maximum Gasteiger partial charge on any atom is 0.214 e. The van der Waals surface area contributed by atoms with E-state index in [2.05, 4.69) is 4.72 Å². The largest absolute Gasteiger partial charge is 0.474 e. The van der Waals surface area contributed by atoms with E-state index in [0.29, 0.717) is 18.7 Å². The Bertz CT molecular complexity index is 777. The van der Waals surface area contributed by atoms with Crippen LogP contribution in [0, 0.1) is 5.92 Å². The molecule has 0 bridgehead atoms. The fourth-order valence-corrected chi connectivity index (χ4v) is 3.88. The lowest BCUT2D eigenvalue weighted by molar-refractivity contribution is 0.139. The summed E-state index contributed by atoms with van der Waals surface area (Å²) in [6.07, 6.45) is 0.651. The minimum absolute atomic E-state index is 0.0234. The Morgan fingerprint density at radius 3 is 2.35 bits per heavy atom. The molecule has 0 aromatic heterocycles. The van der Waals surface area contributed by atoms with E-state index in [1.807, 2.05) is 62.4 Å². The second-order valence-electron chi connectivity index (χ2n) is 6.62. The first-order chi connectivity index (χ1) is 12.4. The maximum atomic E-state index is 12.5. The van der Waals surface area contributed by atoms with Gasteiger partial charge in [-0.25, -0.2) is 8.42 Å². The smallest absolute Gasteiger partial charge is 0.214 e. The van der Waals surface area contributed by atoms with E-state index in [9.17, 15) is 8.42 Å². The van der Waals surface area contributed by atoms with Gasteiger partial charge in [-0.1, -0.05) is 62.4 Å². The molecule has 0 aliphatic rings. The van der Waals surface area contributed by atoms with E-state index in [0.717, 1.165) is 17.5 Å². The maximum absolute atomic E-state index is 12.5. The summed E-state index contributed by atoms with van der Waals surface area (Å²) in [5.74, 6) is 0.651. The Hall–Kier alpha value is -1.89. The number of ether oxygens (including phenoxy) is 1. The molecule has 0 aliphatic carbocycles. The highest BCUT2D eigenvalue weighted by atomic mass is 32.2. The fraction of sp³-hybridized carbons (Fsp3) is 0.400. The molecular weight excluding hydrogens is 348 g/mol. The molecule has 2 aromatic rings. The SMILES string of the molecule is CC(C)C(NS(=O)(=O)CCCc1ccccc1)Oc1ccccc1CN. The molecule has 0 radical (unpaired) electrons. The van der Waals surface area contributed by atoms with Crippen LogP contribution in [0.15, 0.2) is 54.6 Å². The van der Waals surface area contributed by atoms with Crippen LogP contribution in [0.3, 0.4) is 0 Å². The summed E-state index contributed by atoms with van der Waals surface area (Å²) >= 11 is 0. The summed E-state index contributed by atoms with van der Waals surface area (Å²) in [4.78, 5) is 0. The molecule has 0 heterocycles. The second-order valence-corrected chi connectivity index (χ2v) is 8.49. The molecule has 2 aromatic carbocycles. The third kappa shape index (κ3) is 6.44. The summed E-state index contributed by atoms with van der Waals surface area (Å²) in [5, 5.41) is 0. The molecule has 26 heavy (non-hydrogen) atoms. The highest BCUT2D eigenvalue weighted by molar-refractivity contribution is 7.89. The van der Waals surface area contributed by atoms with Crippen molar-refractivity contribution < 1.29 is 13.2 Å². The van der Waals surface area contributed by atoms with Gasteiger partial charge in [-0.2, -0.15) is 4.72 Å². The number of rotatable bonds is 10. The molecule has 0 saturated heterocycles. The molecule has 0 aliphatic heterocycles. The van der Waals surface area contributed by atoms with E-state index in [4.69, 9.17) is 10.5 Å². The van der Waals surface area contributed by atoms with Crippen LogP contribution >= 0.6 is 0 Å². The first kappa shape index (κ1) is 20.4. The Labute approximate surface area is 156 Å². The average Bonchev–Trinajstić information content (AvgIpc) is 2.62. The van der Waals surface area contributed by atoms with Gasteiger partial charge in [0.05, 0.1) is 5.75 Å². The van der Waals surface area contributed by atoms with Crippen molar-refractivity contribution in [1.29, 1.82) is 0 Å². The zero-order valence-corrected chi connectivity index (χ0v) is 16.2. The van der Waals surface area contributed by atoms with Gasteiger partial charge in [-0.3, -0.25) is 0 Å². The van der Waals surface area contributed by atoms with Crippen LogP contribution in [-0.4, -0.2) is 20.4 Å². The lowest BCUT2D eigenvalue weighted by Gasteiger charge is -2.24. The molecule has 0 spiro atoms. The lowest BCUT2D eigenvalue weighted by Crippen LogP contribution is -2.43. The van der Waals surface area contributed by atoms with Crippen LogP contribution in [0.4, 0.5) is 0 Å². The van der Waals surface area contributed by atoms with E-state index in [1.54, 1.807) is 6.07 Å². The van der Waals surface area contributed by atoms with Gasteiger partial charge in [0.1, 0.15) is 5.75 Å². The van der Waals surface area contributed by atoms with Gasteiger partial charge in [-0.05, 0) is 24.5 Å². The number of sulfonamides is 1. The van der Waals surface area contributed by atoms with Crippen LogP contribution in [0.25, 0.3) is 0 Å². The predicted octanol–water partition coefficient (Wildman–Crippen LogP) is 3.06. The Morgan fingerprint density at radius 2 is 1.69 bits per heavy atom. The van der Waals surface area contributed by atoms with Gasteiger partial charge in [0.2, 0.25) is 10.0 Å². The minimum atomic E-state index is -3.44. The van der Waals surface area contributed by atoms with Crippen LogP contribution in [0.2, 0.25) is 0 Å². The summed E-state index contributed by atoms with van der Waals surface area (Å²) in [5.41, 5.74) is 7.72. The molecule has 1 unspecified atom stereocenters. The van der Waals surface area contributed by atoms with E-state index in [-0.39, 0.29) is 11.7 Å². The van der Waals surface area contributed by atoms with Crippen LogP contribution in [0.5, 0.6) is 5.75 Å². The summed E-state index contributed by atoms with van der Waals surface area (Å²) in [7, 11) is -3.44. The van der Waals surface area contributed by atoms with Crippen molar-refractivity contribution in [3.63, 3.8) is 0 Å². The molecule has 2 rings (SSSR count). The number of benzene rings is 2. The quantitative estimate of drug-likeness (QED) is 0.625. The molecule has 0 amide bonds. The molecule has 3 N–H and O–H groups in total. The van der Waals surface area contributed by atoms with Gasteiger partial charge >= 0.3 is 0 Å². The zero-order chi connectivity index (χ0) is 19.0. The molecule has 1 atom stereocenters. The Kier molecular flexibility index (Phi) is 7.63. The molecule has 142 valence electrons. The number of para-hydroxylation sites is 1. The first-order valence-corrected chi connectivity index (χ1v) is 10.5. The fourth-order valence-electron chi connectivity index (χ4n) is 2.57. The molecule has 0 fully saturated rings. The van der Waals surface area contributed by atoms with E-state index < -0.39 is 16.3 Å². The van der Waals surface area contributed by atoms with Crippen molar-refractivity contribution in [2.24, 2.45) is 11.7 Å². The van der Waals surface area contributed by atoms with Crippen molar-refractivity contribution in [3.8, 4) is 5.75 Å². The Balaban J connectivity index is 1.96. The van der Waals surface area contributed by atoms with E-state index >= 15 is 0 Å². The van der Waals surface area contributed by atoms with Crippen molar-refractivity contribution >= 4 is 10.0 Å². The second kappa shape index (κ2) is 9.71. The standard InChI is InChI=1S/C20H28N2O3S/c1-16(2)20(25-19-13-7-6-12-18(19)15-21)22-26(23,24)14-8-11-17-9-4-3-5-10-17/h3-7,9-10,12-13,16,20,22H,8,11,14-15,21H2,1-2H3. The van der Waals surface area contributed by atoms with Crippen LogP contribution < -0.4 is 15.2 Å². The molecular formula is C20H28N2O3S. The van der Waals surface area contributed by atoms with Gasteiger partial charge in [0.25, 0.3) is 0 Å². The number of nitrogens with two attached hydrogens (primary N) is 1. The number of nitrogens with one attached hydrogen (secondary N) is 1. The third-order valence-electron chi connectivity index (χ3n) is 4.07. The van der Waals surface area contributed by atoms with Crippen LogP contribution in [0.1, 0.15) is 31.4 Å². The highest BCUT2D eigenvalue weighted by Gasteiger charge is 2.23. The highest BCUT2D eigenvalue weighted by Crippen LogP contribution is 2.20. The van der Waals surface area contributed by atoms with Gasteiger partial charge in [0, 0.05) is 18.0 Å². The first-order valence-electron chi connectivity index (χ1n) is 8.90. The van der Waals surface area contributed by atoms with Crippen LogP contribution in [-0.2, 0) is 23.0 Å². The van der Waals surface area contributed by atoms with Crippen molar-refractivity contribution in [2.75, 3.05) is 5.75 Å². The number of hydrogen-bond donors (Lipinski definition) is 2. The summed E-state index contributed by atoms with van der Waals surface area (Å²) in [6, 6.07) is 17.3. The van der Waals surface area contributed by atoms with E-state index in [1.165, 1.54) is 0 Å². The molecule has 0 saturated carbocycles. The monoisotopic (exact) mass is 376 g/mol. The number of hydrogen-bond acceptors (Lipinski definition) is 4. The zero-order valence-electron chi connectivity index (χ0n) is 15.4. The Morgan fingerprint density at radius 1 is 1.04 bits per heavy atom. The average molecular weight is 377 g/mol. The molecule has 5 nitrogen and oxygen atoms in total. The summed E-state index contributed by atoms with van der Waals surface area (Å²) in [6.45, 7) is 4.18. The minimum Gasteiger partial charge on any atom is -0.474 e. The normalized spacial score (nSPS) is 12.9. The topological polar surface area (TPSA) is 81.4 Å². The lowest BCUT2D eigenvalue weighted by atomic mass is 10.1. The number of aryl methyl sites for hydroxylation is 1. The van der Waals surface area contributed by atoms with Gasteiger partial charge in [0.15, 0.2) is 6.23 Å². The molecule has 6 heteroatoms. The van der Waals surface area contributed by atoms with Gasteiger partial charge in [-0.15, -0.1) is 0 Å². The predicted molar refractivity (Wildman–Crippen MR) is 105 cm³/mol. The van der Waals surface area contributed by atoms with Crippen molar-refractivity contribution in [1.82, 2.24) is 4.72 Å². The van der Waals surface area contributed by atoms with Crippen molar-refractivity contribution in [3.05, 3.63) is 65.7 Å².